The van der Waals surface area contributed by atoms with Gasteiger partial charge in [-0.3, -0.25) is 14.9 Å². The van der Waals surface area contributed by atoms with Crippen molar-refractivity contribution in [3.8, 4) is 5.75 Å². The minimum Gasteiger partial charge on any atom is -0.497 e. The molecule has 0 spiro atoms. The molecule has 1 aliphatic heterocycles. The van der Waals surface area contributed by atoms with Crippen molar-refractivity contribution in [2.24, 2.45) is 0 Å². The van der Waals surface area contributed by atoms with E-state index in [2.05, 4.69) is 0 Å². The standard InChI is InChI=1S/C14H18N2O5/c1-9-7-15(8-10(2)21-9)14(17)12-6-11(20-3)4-5-13(12)16(18)19/h4-6,9-10H,7-8H2,1-3H3. The van der Waals surface area contributed by atoms with Crippen LogP contribution in [0, 0.1) is 10.1 Å². The van der Waals surface area contributed by atoms with Gasteiger partial charge < -0.3 is 14.4 Å². The molecule has 1 aliphatic rings. The number of nitro benzene ring substituents is 1. The third-order valence-electron chi connectivity index (χ3n) is 3.34. The zero-order valence-electron chi connectivity index (χ0n) is 12.2. The molecule has 0 N–H and O–H groups in total. The van der Waals surface area contributed by atoms with Crippen LogP contribution in [-0.4, -0.2) is 48.1 Å². The number of morpholine rings is 1. The molecular weight excluding hydrogens is 276 g/mol. The summed E-state index contributed by atoms with van der Waals surface area (Å²) in [6, 6.07) is 4.17. The highest BCUT2D eigenvalue weighted by atomic mass is 16.6. The van der Waals surface area contributed by atoms with Gasteiger partial charge >= 0.3 is 0 Å². The second-order valence-corrected chi connectivity index (χ2v) is 5.11. The molecule has 0 saturated carbocycles. The van der Waals surface area contributed by atoms with Crippen LogP contribution in [0.5, 0.6) is 5.75 Å². The smallest absolute Gasteiger partial charge is 0.282 e. The molecule has 1 heterocycles. The van der Waals surface area contributed by atoms with E-state index < -0.39 is 4.92 Å². The number of rotatable bonds is 3. The lowest BCUT2D eigenvalue weighted by molar-refractivity contribution is -0.385. The maximum atomic E-state index is 12.6. The molecule has 1 fully saturated rings. The van der Waals surface area contributed by atoms with Crippen LogP contribution >= 0.6 is 0 Å². The molecule has 1 saturated heterocycles. The first-order chi connectivity index (χ1) is 9.92. The van der Waals surface area contributed by atoms with Gasteiger partial charge in [-0.25, -0.2) is 0 Å². The Bertz CT molecular complexity index is 550. The van der Waals surface area contributed by atoms with Gasteiger partial charge in [0, 0.05) is 19.2 Å². The Morgan fingerprint density at radius 1 is 1.38 bits per heavy atom. The Balaban J connectivity index is 2.35. The topological polar surface area (TPSA) is 81.9 Å². The molecule has 0 radical (unpaired) electrons. The quantitative estimate of drug-likeness (QED) is 0.627. The molecule has 2 atom stereocenters. The van der Waals surface area contributed by atoms with Crippen LogP contribution in [0.15, 0.2) is 18.2 Å². The lowest BCUT2D eigenvalue weighted by atomic mass is 10.1. The Morgan fingerprint density at radius 2 is 2.00 bits per heavy atom. The molecule has 0 bridgehead atoms. The van der Waals surface area contributed by atoms with Gasteiger partial charge in [0.2, 0.25) is 0 Å². The third kappa shape index (κ3) is 3.30. The van der Waals surface area contributed by atoms with E-state index in [0.717, 1.165) is 0 Å². The first kappa shape index (κ1) is 15.2. The van der Waals surface area contributed by atoms with Gasteiger partial charge in [-0.05, 0) is 26.0 Å². The average molecular weight is 294 g/mol. The van der Waals surface area contributed by atoms with Crippen LogP contribution in [-0.2, 0) is 4.74 Å². The molecule has 2 rings (SSSR count). The van der Waals surface area contributed by atoms with Crippen LogP contribution in [0.4, 0.5) is 5.69 Å². The number of amides is 1. The minimum absolute atomic E-state index is 0.0423. The summed E-state index contributed by atoms with van der Waals surface area (Å²) in [7, 11) is 1.45. The van der Waals surface area contributed by atoms with Crippen molar-refractivity contribution in [1.82, 2.24) is 4.90 Å². The number of carbonyl (C=O) groups is 1. The predicted octanol–water partition coefficient (Wildman–Crippen LogP) is 1.85. The number of hydrogen-bond donors (Lipinski definition) is 0. The van der Waals surface area contributed by atoms with Crippen LogP contribution < -0.4 is 4.74 Å². The molecule has 114 valence electrons. The first-order valence-corrected chi connectivity index (χ1v) is 6.69. The molecule has 0 aromatic heterocycles. The second kappa shape index (κ2) is 6.09. The van der Waals surface area contributed by atoms with Gasteiger partial charge in [0.1, 0.15) is 11.3 Å². The van der Waals surface area contributed by atoms with Crippen LogP contribution in [0.2, 0.25) is 0 Å². The van der Waals surface area contributed by atoms with Crippen molar-refractivity contribution < 1.29 is 19.2 Å². The summed E-state index contributed by atoms with van der Waals surface area (Å²) in [6.07, 6.45) is -0.190. The summed E-state index contributed by atoms with van der Waals surface area (Å²) in [5.41, 5.74) is -0.173. The zero-order chi connectivity index (χ0) is 15.6. The number of nitrogens with zero attached hydrogens (tertiary/aromatic N) is 2. The van der Waals surface area contributed by atoms with E-state index in [1.165, 1.54) is 25.3 Å². The van der Waals surface area contributed by atoms with Crippen molar-refractivity contribution >= 4 is 11.6 Å². The van der Waals surface area contributed by atoms with Gasteiger partial charge in [-0.15, -0.1) is 0 Å². The van der Waals surface area contributed by atoms with E-state index in [1.54, 1.807) is 4.90 Å². The molecule has 2 unspecified atom stereocenters. The fourth-order valence-electron chi connectivity index (χ4n) is 2.49. The van der Waals surface area contributed by atoms with Gasteiger partial charge in [0.25, 0.3) is 11.6 Å². The first-order valence-electron chi connectivity index (χ1n) is 6.69. The van der Waals surface area contributed by atoms with E-state index in [0.29, 0.717) is 18.8 Å². The summed E-state index contributed by atoms with van der Waals surface area (Å²) in [5.74, 6) is 0.0425. The van der Waals surface area contributed by atoms with Gasteiger partial charge in [0.05, 0.1) is 24.2 Å². The molecule has 1 aromatic rings. The number of methoxy groups -OCH3 is 1. The highest BCUT2D eigenvalue weighted by Gasteiger charge is 2.30. The largest absolute Gasteiger partial charge is 0.497 e. The molecule has 0 aliphatic carbocycles. The average Bonchev–Trinajstić information content (AvgIpc) is 2.44. The lowest BCUT2D eigenvalue weighted by Gasteiger charge is -2.35. The number of ether oxygens (including phenoxy) is 2. The van der Waals surface area contributed by atoms with Crippen LogP contribution in [0.3, 0.4) is 0 Å². The molecule has 7 nitrogen and oxygen atoms in total. The highest BCUT2D eigenvalue weighted by molar-refractivity contribution is 5.98. The second-order valence-electron chi connectivity index (χ2n) is 5.11. The lowest BCUT2D eigenvalue weighted by Crippen LogP contribution is -2.48. The minimum atomic E-state index is -0.556. The van der Waals surface area contributed by atoms with E-state index in [9.17, 15) is 14.9 Å². The molecule has 7 heteroatoms. The maximum Gasteiger partial charge on any atom is 0.282 e. The number of benzene rings is 1. The van der Waals surface area contributed by atoms with Gasteiger partial charge in [0.15, 0.2) is 0 Å². The Morgan fingerprint density at radius 3 is 2.52 bits per heavy atom. The Hall–Kier alpha value is -2.15. The number of carbonyl (C=O) groups excluding carboxylic acids is 1. The molecule has 1 amide bonds. The van der Waals surface area contributed by atoms with E-state index in [1.807, 2.05) is 13.8 Å². The van der Waals surface area contributed by atoms with E-state index in [4.69, 9.17) is 9.47 Å². The SMILES string of the molecule is COc1ccc([N+](=O)[O-])c(C(=O)N2CC(C)OC(C)C2)c1. The number of hydrogen-bond acceptors (Lipinski definition) is 5. The molecule has 21 heavy (non-hydrogen) atoms. The van der Waals surface area contributed by atoms with E-state index in [-0.39, 0.29) is 29.4 Å². The molecular formula is C14H18N2O5. The zero-order valence-corrected chi connectivity index (χ0v) is 12.2. The summed E-state index contributed by atoms with van der Waals surface area (Å²) < 4.78 is 10.6. The summed E-state index contributed by atoms with van der Waals surface area (Å²) in [5, 5.41) is 11.1. The fourth-order valence-corrected chi connectivity index (χ4v) is 2.49. The predicted molar refractivity (Wildman–Crippen MR) is 75.6 cm³/mol. The van der Waals surface area contributed by atoms with Crippen LogP contribution in [0.1, 0.15) is 24.2 Å². The highest BCUT2D eigenvalue weighted by Crippen LogP contribution is 2.26. The van der Waals surface area contributed by atoms with Crippen molar-refractivity contribution in [2.45, 2.75) is 26.1 Å². The van der Waals surface area contributed by atoms with Crippen molar-refractivity contribution in [2.75, 3.05) is 20.2 Å². The van der Waals surface area contributed by atoms with Crippen molar-refractivity contribution in [3.63, 3.8) is 0 Å². The fraction of sp³-hybridized carbons (Fsp3) is 0.500. The number of nitro groups is 1. The van der Waals surface area contributed by atoms with E-state index >= 15 is 0 Å². The monoisotopic (exact) mass is 294 g/mol. The summed E-state index contributed by atoms with van der Waals surface area (Å²) in [6.45, 7) is 4.57. The van der Waals surface area contributed by atoms with Crippen molar-refractivity contribution in [3.05, 3.63) is 33.9 Å². The molecule has 1 aromatic carbocycles. The van der Waals surface area contributed by atoms with Crippen molar-refractivity contribution in [1.29, 1.82) is 0 Å². The van der Waals surface area contributed by atoms with Gasteiger partial charge in [-0.1, -0.05) is 0 Å². The third-order valence-corrected chi connectivity index (χ3v) is 3.34. The van der Waals surface area contributed by atoms with Gasteiger partial charge in [-0.2, -0.15) is 0 Å². The summed E-state index contributed by atoms with van der Waals surface area (Å²) >= 11 is 0. The normalized spacial score (nSPS) is 22.0. The Labute approximate surface area is 122 Å². The Kier molecular flexibility index (Phi) is 4.42. The summed E-state index contributed by atoms with van der Waals surface area (Å²) in [4.78, 5) is 24.7. The van der Waals surface area contributed by atoms with Crippen LogP contribution in [0.25, 0.3) is 0 Å². The maximum absolute atomic E-state index is 12.6.